The molecule has 0 saturated heterocycles. The molecule has 0 unspecified atom stereocenters. The molecular formula is C11H13ClFNO. The van der Waals surface area contributed by atoms with E-state index in [1.165, 1.54) is 12.1 Å². The first-order chi connectivity index (χ1) is 6.98. The summed E-state index contributed by atoms with van der Waals surface area (Å²) in [5.74, 6) is -0.360. The minimum Gasteiger partial charge on any atom is -0.389 e. The van der Waals surface area contributed by atoms with Gasteiger partial charge in [0.05, 0.1) is 5.60 Å². The van der Waals surface area contributed by atoms with Gasteiger partial charge in [0.25, 0.3) is 0 Å². The predicted molar refractivity (Wildman–Crippen MR) is 57.3 cm³/mol. The minimum atomic E-state index is -0.749. The molecule has 1 aliphatic carbocycles. The lowest BCUT2D eigenvalue weighted by atomic mass is 9.73. The van der Waals surface area contributed by atoms with E-state index in [1.807, 2.05) is 0 Å². The van der Waals surface area contributed by atoms with Gasteiger partial charge in [-0.05, 0) is 30.5 Å². The molecule has 0 bridgehead atoms. The molecule has 15 heavy (non-hydrogen) atoms. The molecule has 0 aliphatic heterocycles. The highest BCUT2D eigenvalue weighted by Gasteiger charge is 2.40. The number of halogens is 2. The molecule has 0 amide bonds. The summed E-state index contributed by atoms with van der Waals surface area (Å²) in [5.41, 5.74) is 5.64. The molecule has 82 valence electrons. The van der Waals surface area contributed by atoms with Gasteiger partial charge in [0, 0.05) is 17.5 Å². The second kappa shape index (κ2) is 3.74. The molecule has 0 spiro atoms. The summed E-state index contributed by atoms with van der Waals surface area (Å²) in [6, 6.07) is 4.30. The highest BCUT2D eigenvalue weighted by Crippen LogP contribution is 2.35. The van der Waals surface area contributed by atoms with Gasteiger partial charge in [0.2, 0.25) is 0 Å². The van der Waals surface area contributed by atoms with Gasteiger partial charge in [-0.3, -0.25) is 0 Å². The van der Waals surface area contributed by atoms with Crippen LogP contribution in [-0.4, -0.2) is 16.7 Å². The SMILES string of the molecule is NC1CC(O)(Cc2ccc(F)cc2Cl)C1. The molecule has 1 aliphatic rings. The van der Waals surface area contributed by atoms with Crippen molar-refractivity contribution in [3.05, 3.63) is 34.6 Å². The molecule has 1 saturated carbocycles. The lowest BCUT2D eigenvalue weighted by Gasteiger charge is -2.42. The quantitative estimate of drug-likeness (QED) is 0.814. The Balaban J connectivity index is 2.11. The normalized spacial score (nSPS) is 30.0. The molecule has 0 atom stereocenters. The summed E-state index contributed by atoms with van der Waals surface area (Å²) in [6.07, 6.45) is 1.61. The number of hydrogen-bond acceptors (Lipinski definition) is 2. The fraction of sp³-hybridized carbons (Fsp3) is 0.455. The van der Waals surface area contributed by atoms with Crippen molar-refractivity contribution in [3.63, 3.8) is 0 Å². The van der Waals surface area contributed by atoms with Gasteiger partial charge >= 0.3 is 0 Å². The Kier molecular flexibility index (Phi) is 2.71. The van der Waals surface area contributed by atoms with Gasteiger partial charge in [-0.15, -0.1) is 0 Å². The van der Waals surface area contributed by atoms with Crippen molar-refractivity contribution >= 4 is 11.6 Å². The standard InChI is InChI=1S/C11H13ClFNO/c12-10-3-8(13)2-1-7(10)4-11(15)5-9(14)6-11/h1-3,9,15H,4-6,14H2. The van der Waals surface area contributed by atoms with Crippen molar-refractivity contribution in [2.75, 3.05) is 0 Å². The van der Waals surface area contributed by atoms with Crippen molar-refractivity contribution in [2.45, 2.75) is 30.9 Å². The first-order valence-corrected chi connectivity index (χ1v) is 5.28. The number of rotatable bonds is 2. The molecule has 0 radical (unpaired) electrons. The number of hydrogen-bond donors (Lipinski definition) is 2. The van der Waals surface area contributed by atoms with E-state index < -0.39 is 5.60 Å². The van der Waals surface area contributed by atoms with E-state index in [1.54, 1.807) is 6.07 Å². The Bertz CT molecular complexity index is 377. The number of nitrogens with two attached hydrogens (primary N) is 1. The van der Waals surface area contributed by atoms with Crippen molar-refractivity contribution in [1.82, 2.24) is 0 Å². The second-order valence-corrected chi connectivity index (χ2v) is 4.71. The maximum absolute atomic E-state index is 12.8. The number of benzene rings is 1. The molecule has 3 N–H and O–H groups in total. The Morgan fingerprint density at radius 2 is 2.20 bits per heavy atom. The molecular weight excluding hydrogens is 217 g/mol. The lowest BCUT2D eigenvalue weighted by molar-refractivity contribution is -0.0455. The summed E-state index contributed by atoms with van der Waals surface area (Å²) in [6.45, 7) is 0. The van der Waals surface area contributed by atoms with Crippen LogP contribution in [-0.2, 0) is 6.42 Å². The van der Waals surface area contributed by atoms with Crippen LogP contribution in [0.15, 0.2) is 18.2 Å². The van der Waals surface area contributed by atoms with Gasteiger partial charge in [0.1, 0.15) is 5.82 Å². The van der Waals surface area contributed by atoms with E-state index in [0.29, 0.717) is 24.3 Å². The van der Waals surface area contributed by atoms with Crippen molar-refractivity contribution in [1.29, 1.82) is 0 Å². The topological polar surface area (TPSA) is 46.2 Å². The first kappa shape index (κ1) is 10.9. The largest absolute Gasteiger partial charge is 0.389 e. The summed E-state index contributed by atoms with van der Waals surface area (Å²) >= 11 is 5.87. The van der Waals surface area contributed by atoms with Gasteiger partial charge in [0.15, 0.2) is 0 Å². The summed E-state index contributed by atoms with van der Waals surface area (Å²) < 4.78 is 12.8. The van der Waals surface area contributed by atoms with Gasteiger partial charge < -0.3 is 10.8 Å². The zero-order valence-corrected chi connectivity index (χ0v) is 8.97. The zero-order valence-electron chi connectivity index (χ0n) is 8.21. The highest BCUT2D eigenvalue weighted by molar-refractivity contribution is 6.31. The second-order valence-electron chi connectivity index (χ2n) is 4.31. The third-order valence-electron chi connectivity index (χ3n) is 2.82. The smallest absolute Gasteiger partial charge is 0.124 e. The molecule has 0 heterocycles. The predicted octanol–water partition coefficient (Wildman–Crippen LogP) is 1.87. The first-order valence-electron chi connectivity index (χ1n) is 4.90. The van der Waals surface area contributed by atoms with E-state index in [4.69, 9.17) is 17.3 Å². The molecule has 1 aromatic rings. The summed E-state index contributed by atoms with van der Waals surface area (Å²) in [4.78, 5) is 0. The Morgan fingerprint density at radius 1 is 1.53 bits per heavy atom. The average molecular weight is 230 g/mol. The van der Waals surface area contributed by atoms with Crippen LogP contribution in [0.2, 0.25) is 5.02 Å². The lowest BCUT2D eigenvalue weighted by Crippen LogP contribution is -2.52. The van der Waals surface area contributed by atoms with Crippen LogP contribution in [0.5, 0.6) is 0 Å². The van der Waals surface area contributed by atoms with Crippen LogP contribution in [0.1, 0.15) is 18.4 Å². The monoisotopic (exact) mass is 229 g/mol. The summed E-state index contributed by atoms with van der Waals surface area (Å²) in [7, 11) is 0. The Hall–Kier alpha value is -0.640. The highest BCUT2D eigenvalue weighted by atomic mass is 35.5. The maximum atomic E-state index is 12.8. The van der Waals surface area contributed by atoms with Crippen LogP contribution >= 0.6 is 11.6 Å². The Labute approximate surface area is 92.9 Å². The minimum absolute atomic E-state index is 0.0780. The van der Waals surface area contributed by atoms with E-state index in [0.717, 1.165) is 5.56 Å². The molecule has 4 heteroatoms. The average Bonchev–Trinajstić information content (AvgIpc) is 2.08. The third kappa shape index (κ3) is 2.30. The van der Waals surface area contributed by atoms with Crippen LogP contribution in [0, 0.1) is 5.82 Å². The van der Waals surface area contributed by atoms with Gasteiger partial charge in [-0.2, -0.15) is 0 Å². The van der Waals surface area contributed by atoms with Crippen LogP contribution < -0.4 is 5.73 Å². The van der Waals surface area contributed by atoms with Crippen LogP contribution in [0.3, 0.4) is 0 Å². The molecule has 2 nitrogen and oxygen atoms in total. The third-order valence-corrected chi connectivity index (χ3v) is 3.17. The van der Waals surface area contributed by atoms with Crippen LogP contribution in [0.4, 0.5) is 4.39 Å². The van der Waals surface area contributed by atoms with Crippen LogP contribution in [0.25, 0.3) is 0 Å². The van der Waals surface area contributed by atoms with E-state index in [2.05, 4.69) is 0 Å². The van der Waals surface area contributed by atoms with E-state index >= 15 is 0 Å². The molecule has 0 aromatic heterocycles. The van der Waals surface area contributed by atoms with Crippen molar-refractivity contribution in [2.24, 2.45) is 5.73 Å². The molecule has 1 fully saturated rings. The van der Waals surface area contributed by atoms with Crippen molar-refractivity contribution in [3.8, 4) is 0 Å². The number of aliphatic hydroxyl groups is 1. The fourth-order valence-electron chi connectivity index (χ4n) is 2.08. The van der Waals surface area contributed by atoms with Crippen molar-refractivity contribution < 1.29 is 9.50 Å². The van der Waals surface area contributed by atoms with Gasteiger partial charge in [-0.25, -0.2) is 4.39 Å². The fourth-order valence-corrected chi connectivity index (χ4v) is 2.31. The molecule has 2 rings (SSSR count). The molecule has 1 aromatic carbocycles. The zero-order chi connectivity index (χ0) is 11.1. The van der Waals surface area contributed by atoms with E-state index in [-0.39, 0.29) is 11.9 Å². The Morgan fingerprint density at radius 3 is 2.73 bits per heavy atom. The van der Waals surface area contributed by atoms with Gasteiger partial charge in [-0.1, -0.05) is 17.7 Å². The summed E-state index contributed by atoms with van der Waals surface area (Å²) in [5, 5.41) is 10.4. The maximum Gasteiger partial charge on any atom is 0.124 e. The van der Waals surface area contributed by atoms with E-state index in [9.17, 15) is 9.50 Å².